The molecule has 1 aliphatic heterocycles. The van der Waals surface area contributed by atoms with Gasteiger partial charge in [-0.3, -0.25) is 0 Å². The zero-order valence-electron chi connectivity index (χ0n) is 9.18. The van der Waals surface area contributed by atoms with E-state index >= 15 is 0 Å². The number of hydrogen-bond acceptors (Lipinski definition) is 2. The summed E-state index contributed by atoms with van der Waals surface area (Å²) in [6.45, 7) is 9.63. The molecule has 0 aromatic rings. The minimum Gasteiger partial charge on any atom is -0.317 e. The van der Waals surface area contributed by atoms with Gasteiger partial charge in [-0.15, -0.1) is 0 Å². The van der Waals surface area contributed by atoms with Crippen LogP contribution in [0, 0.1) is 0 Å². The van der Waals surface area contributed by atoms with Crippen LogP contribution >= 0.6 is 0 Å². The highest BCUT2D eigenvalue weighted by atomic mass is 15.1. The minimum absolute atomic E-state index is 0.729. The molecule has 0 atom stereocenters. The van der Waals surface area contributed by atoms with E-state index < -0.39 is 0 Å². The third-order valence-electron chi connectivity index (χ3n) is 2.83. The fourth-order valence-electron chi connectivity index (χ4n) is 1.88. The molecule has 78 valence electrons. The smallest absolute Gasteiger partial charge is 0.00385 e. The van der Waals surface area contributed by atoms with E-state index in [1.165, 1.54) is 51.9 Å². The van der Waals surface area contributed by atoms with E-state index in [0.717, 1.165) is 6.04 Å². The lowest BCUT2D eigenvalue weighted by molar-refractivity contribution is 0.209. The molecule has 1 heterocycles. The summed E-state index contributed by atoms with van der Waals surface area (Å²) in [5, 5.41) is 3.48. The molecule has 1 N–H and O–H groups in total. The van der Waals surface area contributed by atoms with Gasteiger partial charge in [0.05, 0.1) is 0 Å². The van der Waals surface area contributed by atoms with Crippen molar-refractivity contribution in [3.05, 3.63) is 0 Å². The number of nitrogens with one attached hydrogen (secondary N) is 1. The topological polar surface area (TPSA) is 15.3 Å². The fourth-order valence-corrected chi connectivity index (χ4v) is 1.88. The van der Waals surface area contributed by atoms with Gasteiger partial charge in [-0.05, 0) is 65.7 Å². The van der Waals surface area contributed by atoms with Gasteiger partial charge in [-0.25, -0.2) is 0 Å². The summed E-state index contributed by atoms with van der Waals surface area (Å²) in [6, 6.07) is 0.729. The highest BCUT2D eigenvalue weighted by Crippen LogP contribution is 2.05. The molecule has 0 amide bonds. The summed E-state index contributed by atoms with van der Waals surface area (Å²) in [5.41, 5.74) is 0. The van der Waals surface area contributed by atoms with Gasteiger partial charge in [0.15, 0.2) is 0 Å². The molecule has 1 aliphatic rings. The Kier molecular flexibility index (Phi) is 5.40. The zero-order valence-corrected chi connectivity index (χ0v) is 9.18. The van der Waals surface area contributed by atoms with Crippen molar-refractivity contribution in [1.29, 1.82) is 0 Å². The predicted octanol–water partition coefficient (Wildman–Crippen LogP) is 1.86. The Morgan fingerprint density at radius 3 is 1.92 bits per heavy atom. The van der Waals surface area contributed by atoms with Crippen molar-refractivity contribution in [1.82, 2.24) is 10.2 Å². The number of rotatable bonds is 1. The van der Waals surface area contributed by atoms with Gasteiger partial charge in [-0.1, -0.05) is 0 Å². The summed E-state index contributed by atoms with van der Waals surface area (Å²) in [6.07, 6.45) is 5.38. The summed E-state index contributed by atoms with van der Waals surface area (Å²) >= 11 is 0. The first-order valence-electron chi connectivity index (χ1n) is 5.75. The Hall–Kier alpha value is -0.0800. The fraction of sp³-hybridized carbons (Fsp3) is 1.00. The lowest BCUT2D eigenvalue weighted by Crippen LogP contribution is -2.34. The molecule has 0 aromatic carbocycles. The van der Waals surface area contributed by atoms with Crippen LogP contribution in [0.3, 0.4) is 0 Å². The van der Waals surface area contributed by atoms with Gasteiger partial charge in [0.1, 0.15) is 0 Å². The van der Waals surface area contributed by atoms with Crippen LogP contribution in [0.2, 0.25) is 0 Å². The highest BCUT2D eigenvalue weighted by molar-refractivity contribution is 4.65. The molecule has 0 spiro atoms. The monoisotopic (exact) mass is 184 g/mol. The van der Waals surface area contributed by atoms with Gasteiger partial charge < -0.3 is 10.2 Å². The third-order valence-corrected chi connectivity index (χ3v) is 2.83. The predicted molar refractivity (Wildman–Crippen MR) is 58.0 cm³/mol. The first-order chi connectivity index (χ1) is 6.30. The van der Waals surface area contributed by atoms with Gasteiger partial charge in [0.25, 0.3) is 0 Å². The molecular weight excluding hydrogens is 160 g/mol. The van der Waals surface area contributed by atoms with E-state index in [9.17, 15) is 0 Å². The first-order valence-corrected chi connectivity index (χ1v) is 5.75. The summed E-state index contributed by atoms with van der Waals surface area (Å²) in [7, 11) is 0. The Morgan fingerprint density at radius 1 is 0.923 bits per heavy atom. The van der Waals surface area contributed by atoms with Crippen LogP contribution in [0.15, 0.2) is 0 Å². The summed E-state index contributed by atoms with van der Waals surface area (Å²) < 4.78 is 0. The van der Waals surface area contributed by atoms with Crippen molar-refractivity contribution < 1.29 is 0 Å². The maximum absolute atomic E-state index is 3.48. The zero-order chi connectivity index (χ0) is 9.52. The average Bonchev–Trinajstić information content (AvgIpc) is 2.14. The molecule has 1 fully saturated rings. The second kappa shape index (κ2) is 6.39. The molecule has 0 saturated carbocycles. The van der Waals surface area contributed by atoms with Crippen LogP contribution in [-0.2, 0) is 0 Å². The molecule has 0 aliphatic carbocycles. The van der Waals surface area contributed by atoms with Crippen LogP contribution in [0.1, 0.15) is 39.5 Å². The van der Waals surface area contributed by atoms with E-state index in [2.05, 4.69) is 24.1 Å². The standard InChI is InChI=1S/C11H24N2/c1-11(2)13-9-5-3-7-12-8-4-6-10-13/h11-12H,3-10H2,1-2H3. The SMILES string of the molecule is CC(C)N1CCCCNCCCC1. The second-order valence-corrected chi connectivity index (χ2v) is 4.29. The molecule has 1 saturated heterocycles. The van der Waals surface area contributed by atoms with Crippen LogP contribution in [0.25, 0.3) is 0 Å². The van der Waals surface area contributed by atoms with E-state index in [1.54, 1.807) is 0 Å². The van der Waals surface area contributed by atoms with Crippen molar-refractivity contribution in [3.8, 4) is 0 Å². The normalized spacial score (nSPS) is 23.3. The molecular formula is C11H24N2. The largest absolute Gasteiger partial charge is 0.317 e. The molecule has 0 aromatic heterocycles. The number of nitrogens with zero attached hydrogens (tertiary/aromatic N) is 1. The molecule has 13 heavy (non-hydrogen) atoms. The summed E-state index contributed by atoms with van der Waals surface area (Å²) in [4.78, 5) is 2.62. The molecule has 2 nitrogen and oxygen atoms in total. The van der Waals surface area contributed by atoms with Crippen molar-refractivity contribution in [2.45, 2.75) is 45.6 Å². The first kappa shape index (κ1) is 11.0. The van der Waals surface area contributed by atoms with E-state index in [-0.39, 0.29) is 0 Å². The maximum atomic E-state index is 3.48. The Morgan fingerprint density at radius 2 is 1.46 bits per heavy atom. The van der Waals surface area contributed by atoms with Gasteiger partial charge in [-0.2, -0.15) is 0 Å². The van der Waals surface area contributed by atoms with Crippen molar-refractivity contribution in [2.75, 3.05) is 26.2 Å². The van der Waals surface area contributed by atoms with Crippen molar-refractivity contribution in [3.63, 3.8) is 0 Å². The molecule has 0 unspecified atom stereocenters. The maximum Gasteiger partial charge on any atom is 0.00385 e. The quantitative estimate of drug-likeness (QED) is 0.669. The molecule has 0 bridgehead atoms. The van der Waals surface area contributed by atoms with Crippen LogP contribution in [-0.4, -0.2) is 37.1 Å². The van der Waals surface area contributed by atoms with Gasteiger partial charge in [0.2, 0.25) is 0 Å². The minimum atomic E-state index is 0.729. The lowest BCUT2D eigenvalue weighted by Gasteiger charge is -2.27. The third kappa shape index (κ3) is 4.63. The van der Waals surface area contributed by atoms with Crippen LogP contribution < -0.4 is 5.32 Å². The Balaban J connectivity index is 2.26. The van der Waals surface area contributed by atoms with Crippen molar-refractivity contribution in [2.24, 2.45) is 0 Å². The van der Waals surface area contributed by atoms with E-state index in [0.29, 0.717) is 0 Å². The Bertz CT molecular complexity index is 113. The summed E-state index contributed by atoms with van der Waals surface area (Å²) in [5.74, 6) is 0. The Labute approximate surface area is 82.7 Å². The highest BCUT2D eigenvalue weighted by Gasteiger charge is 2.08. The van der Waals surface area contributed by atoms with Crippen LogP contribution in [0.5, 0.6) is 0 Å². The lowest BCUT2D eigenvalue weighted by atomic mass is 10.2. The van der Waals surface area contributed by atoms with Crippen LogP contribution in [0.4, 0.5) is 0 Å². The second-order valence-electron chi connectivity index (χ2n) is 4.29. The number of hydrogen-bond donors (Lipinski definition) is 1. The van der Waals surface area contributed by atoms with Gasteiger partial charge >= 0.3 is 0 Å². The van der Waals surface area contributed by atoms with Gasteiger partial charge in [0, 0.05) is 6.04 Å². The molecule has 2 heteroatoms. The molecule has 0 radical (unpaired) electrons. The molecule has 1 rings (SSSR count). The average molecular weight is 184 g/mol. The van der Waals surface area contributed by atoms with E-state index in [4.69, 9.17) is 0 Å². The van der Waals surface area contributed by atoms with E-state index in [1.807, 2.05) is 0 Å². The van der Waals surface area contributed by atoms with Crippen molar-refractivity contribution >= 4 is 0 Å².